The van der Waals surface area contributed by atoms with E-state index >= 15 is 0 Å². The van der Waals surface area contributed by atoms with Gasteiger partial charge in [0.1, 0.15) is 0 Å². The van der Waals surface area contributed by atoms with Crippen LogP contribution in [-0.2, 0) is 0 Å². The molecule has 0 aromatic heterocycles. The second kappa shape index (κ2) is 1.96. The zero-order valence-electron chi connectivity index (χ0n) is 7.87. The predicted octanol–water partition coefficient (Wildman–Crippen LogP) is 0.898. The molecular weight excluding hydrogens is 162 g/mol. The third-order valence-corrected chi connectivity index (χ3v) is 4.90. The Balaban J connectivity index is 1.79. The molecule has 5 rings (SSSR count). The first-order chi connectivity index (χ1) is 6.23. The van der Waals surface area contributed by atoms with Crippen LogP contribution in [0.1, 0.15) is 32.1 Å². The first-order valence-corrected chi connectivity index (χ1v) is 5.72. The molecule has 4 bridgehead atoms. The molecule has 0 radical (unpaired) electrons. The molecule has 5 fully saturated rings. The topological polar surface area (TPSA) is 42.2 Å². The molecule has 4 unspecified atom stereocenters. The molecule has 13 heavy (non-hydrogen) atoms. The van der Waals surface area contributed by atoms with Crippen LogP contribution in [0.15, 0.2) is 0 Å². The maximum absolute atomic E-state index is 10.4. The summed E-state index contributed by atoms with van der Waals surface area (Å²) in [7, 11) is 0. The van der Waals surface area contributed by atoms with Crippen LogP contribution >= 0.6 is 0 Å². The van der Waals surface area contributed by atoms with E-state index < -0.39 is 0 Å². The molecular formula is C11H17NO. The Morgan fingerprint density at radius 2 is 1.62 bits per heavy atom. The number of aliphatic hydroxyl groups is 1. The fourth-order valence-corrected chi connectivity index (χ4v) is 4.62. The van der Waals surface area contributed by atoms with Crippen molar-refractivity contribution in [1.82, 2.24) is 5.32 Å². The van der Waals surface area contributed by atoms with Crippen molar-refractivity contribution in [1.29, 1.82) is 0 Å². The average molecular weight is 179 g/mol. The maximum Gasteiger partial charge on any atom is 0.0657 e. The van der Waals surface area contributed by atoms with Crippen LogP contribution in [0.4, 0.5) is 0 Å². The first-order valence-electron chi connectivity index (χ1n) is 5.72. The normalized spacial score (nSPS) is 67.6. The molecule has 1 heterocycles. The van der Waals surface area contributed by atoms with Crippen LogP contribution in [0, 0.1) is 17.8 Å². The molecule has 2 heteroatoms. The molecule has 0 aromatic carbocycles. The highest BCUT2D eigenvalue weighted by Gasteiger charge is 2.59. The summed E-state index contributed by atoms with van der Waals surface area (Å²) in [6.07, 6.45) is 6.09. The lowest BCUT2D eigenvalue weighted by atomic mass is 9.64. The van der Waals surface area contributed by atoms with E-state index in [0.29, 0.717) is 0 Å². The molecule has 2 N–H and O–H groups in total. The van der Waals surface area contributed by atoms with Crippen LogP contribution < -0.4 is 5.32 Å². The van der Waals surface area contributed by atoms with Crippen molar-refractivity contribution in [2.24, 2.45) is 17.8 Å². The monoisotopic (exact) mass is 179 g/mol. The summed E-state index contributed by atoms with van der Waals surface area (Å²) in [5, 5.41) is 14.0. The van der Waals surface area contributed by atoms with E-state index in [1.165, 1.54) is 12.8 Å². The molecule has 72 valence electrons. The lowest BCUT2D eigenvalue weighted by Crippen LogP contribution is -2.45. The smallest absolute Gasteiger partial charge is 0.0657 e. The Hall–Kier alpha value is -0.0800. The minimum Gasteiger partial charge on any atom is -0.390 e. The Morgan fingerprint density at radius 1 is 1.00 bits per heavy atom. The van der Waals surface area contributed by atoms with Gasteiger partial charge in [-0.05, 0) is 49.9 Å². The van der Waals surface area contributed by atoms with Crippen molar-refractivity contribution in [3.05, 3.63) is 0 Å². The van der Waals surface area contributed by atoms with Gasteiger partial charge in [0, 0.05) is 12.1 Å². The molecule has 0 spiro atoms. The van der Waals surface area contributed by atoms with Gasteiger partial charge in [-0.1, -0.05) is 0 Å². The molecule has 5 aliphatic rings. The summed E-state index contributed by atoms with van der Waals surface area (Å²) in [5.41, 5.74) is -0.244. The van der Waals surface area contributed by atoms with Crippen molar-refractivity contribution >= 4 is 0 Å². The Kier molecular flexibility index (Phi) is 1.09. The van der Waals surface area contributed by atoms with Crippen molar-refractivity contribution in [2.45, 2.75) is 49.8 Å². The second-order valence-electron chi connectivity index (χ2n) is 5.91. The van der Waals surface area contributed by atoms with Gasteiger partial charge in [-0.25, -0.2) is 0 Å². The fraction of sp³-hybridized carbons (Fsp3) is 1.00. The summed E-state index contributed by atoms with van der Waals surface area (Å²) >= 11 is 0. The summed E-state index contributed by atoms with van der Waals surface area (Å²) in [6.45, 7) is 0. The van der Waals surface area contributed by atoms with E-state index in [1.807, 2.05) is 0 Å². The van der Waals surface area contributed by atoms with E-state index in [4.69, 9.17) is 0 Å². The van der Waals surface area contributed by atoms with Crippen LogP contribution in [-0.4, -0.2) is 22.8 Å². The maximum atomic E-state index is 10.4. The van der Waals surface area contributed by atoms with Gasteiger partial charge in [0.2, 0.25) is 0 Å². The zero-order valence-corrected chi connectivity index (χ0v) is 7.87. The zero-order chi connectivity index (χ0) is 8.63. The average Bonchev–Trinajstić information content (AvgIpc) is 2.77. The van der Waals surface area contributed by atoms with Crippen LogP contribution in [0.2, 0.25) is 0 Å². The van der Waals surface area contributed by atoms with Crippen molar-refractivity contribution in [2.75, 3.05) is 0 Å². The summed E-state index contributed by atoms with van der Waals surface area (Å²) in [6, 6.07) is 1.59. The van der Waals surface area contributed by atoms with Gasteiger partial charge in [0.15, 0.2) is 0 Å². The predicted molar refractivity (Wildman–Crippen MR) is 49.2 cm³/mol. The third-order valence-electron chi connectivity index (χ3n) is 4.90. The SMILES string of the molecule is OC12CC3CC(C1)C1NC1C(C3)C2. The highest BCUT2D eigenvalue weighted by molar-refractivity contribution is 5.16. The van der Waals surface area contributed by atoms with Crippen molar-refractivity contribution < 1.29 is 5.11 Å². The highest BCUT2D eigenvalue weighted by atomic mass is 16.3. The number of rotatable bonds is 0. The molecule has 4 saturated carbocycles. The lowest BCUT2D eigenvalue weighted by molar-refractivity contribution is -0.0761. The molecule has 4 atom stereocenters. The van der Waals surface area contributed by atoms with Gasteiger partial charge < -0.3 is 10.4 Å². The van der Waals surface area contributed by atoms with Gasteiger partial charge in [0.05, 0.1) is 5.60 Å². The quantitative estimate of drug-likeness (QED) is 0.542. The molecule has 2 nitrogen and oxygen atoms in total. The van der Waals surface area contributed by atoms with Crippen molar-refractivity contribution in [3.63, 3.8) is 0 Å². The number of hydrogen-bond donors (Lipinski definition) is 2. The van der Waals surface area contributed by atoms with E-state index in [-0.39, 0.29) is 5.60 Å². The Labute approximate surface area is 78.7 Å². The molecule has 1 aliphatic heterocycles. The Morgan fingerprint density at radius 3 is 2.15 bits per heavy atom. The van der Waals surface area contributed by atoms with Gasteiger partial charge in [-0.2, -0.15) is 0 Å². The molecule has 0 aromatic rings. The minimum atomic E-state index is -0.244. The van der Waals surface area contributed by atoms with Crippen LogP contribution in [0.3, 0.4) is 0 Å². The molecule has 1 saturated heterocycles. The van der Waals surface area contributed by atoms with E-state index in [9.17, 15) is 5.11 Å². The second-order valence-corrected chi connectivity index (χ2v) is 5.91. The summed E-state index contributed by atoms with van der Waals surface area (Å²) < 4.78 is 0. The van der Waals surface area contributed by atoms with E-state index in [0.717, 1.165) is 49.1 Å². The van der Waals surface area contributed by atoms with Crippen molar-refractivity contribution in [3.8, 4) is 0 Å². The van der Waals surface area contributed by atoms with Gasteiger partial charge in [0.25, 0.3) is 0 Å². The van der Waals surface area contributed by atoms with E-state index in [2.05, 4.69) is 5.32 Å². The minimum absolute atomic E-state index is 0.244. The number of hydrogen-bond acceptors (Lipinski definition) is 2. The van der Waals surface area contributed by atoms with Crippen LogP contribution in [0.5, 0.6) is 0 Å². The lowest BCUT2D eigenvalue weighted by Gasteiger charge is -2.46. The largest absolute Gasteiger partial charge is 0.390 e. The third kappa shape index (κ3) is 0.861. The van der Waals surface area contributed by atoms with Gasteiger partial charge in [-0.15, -0.1) is 0 Å². The van der Waals surface area contributed by atoms with Gasteiger partial charge >= 0.3 is 0 Å². The van der Waals surface area contributed by atoms with E-state index in [1.54, 1.807) is 0 Å². The summed E-state index contributed by atoms with van der Waals surface area (Å²) in [5.74, 6) is 2.47. The first kappa shape index (κ1) is 7.24. The summed E-state index contributed by atoms with van der Waals surface area (Å²) in [4.78, 5) is 0. The Bertz CT molecular complexity index is 245. The highest BCUT2D eigenvalue weighted by Crippen LogP contribution is 2.56. The molecule has 4 aliphatic carbocycles. The van der Waals surface area contributed by atoms with Crippen LogP contribution in [0.25, 0.3) is 0 Å². The molecule has 0 amide bonds. The number of nitrogens with one attached hydrogen (secondary N) is 1. The van der Waals surface area contributed by atoms with Gasteiger partial charge in [-0.3, -0.25) is 0 Å². The standard InChI is InChI=1S/C11H17NO/c13-11-3-6-1-7(4-11)9-10(12-9)8(2-6)5-11/h6-10,12-13H,1-5H2. The fourth-order valence-electron chi connectivity index (χ4n) is 4.62.